The van der Waals surface area contributed by atoms with Gasteiger partial charge < -0.3 is 15.4 Å². The van der Waals surface area contributed by atoms with Gasteiger partial charge in [-0.2, -0.15) is 0 Å². The van der Waals surface area contributed by atoms with Crippen molar-refractivity contribution in [3.8, 4) is 5.75 Å². The van der Waals surface area contributed by atoms with Gasteiger partial charge in [0.1, 0.15) is 5.75 Å². The molecule has 2 rings (SSSR count). The Hall–Kier alpha value is -1.26. The van der Waals surface area contributed by atoms with Crippen molar-refractivity contribution < 1.29 is 9.53 Å². The number of likely N-dealkylation sites (tertiary alicyclic amines) is 1. The summed E-state index contributed by atoms with van der Waals surface area (Å²) in [4.78, 5) is 14.3. The zero-order valence-corrected chi connectivity index (χ0v) is 13.4. The number of unbranched alkanes of at least 4 members (excludes halogenated alkanes) is 1. The first kappa shape index (κ1) is 17.8. The molecule has 1 fully saturated rings. The topological polar surface area (TPSA) is 55.6 Å². The first-order valence-electron chi connectivity index (χ1n) is 7.50. The molecule has 1 aliphatic heterocycles. The second kappa shape index (κ2) is 8.90. The molecule has 1 heterocycles. The molecular weight excluding hydrogens is 288 g/mol. The predicted octanol–water partition coefficient (Wildman–Crippen LogP) is 2.85. The molecule has 4 nitrogen and oxygen atoms in total. The molecule has 118 valence electrons. The largest absolute Gasteiger partial charge is 0.494 e. The molecule has 0 spiro atoms. The van der Waals surface area contributed by atoms with Crippen LogP contribution in [0.15, 0.2) is 24.3 Å². The number of rotatable bonds is 6. The molecule has 5 heteroatoms. The SMILES string of the molecule is CCCCOc1ccc(C(=O)N2CCCC2CN)cc1.Cl. The Balaban J connectivity index is 0.00000220. The Morgan fingerprint density at radius 1 is 1.38 bits per heavy atom. The number of carbonyl (C=O) groups is 1. The highest BCUT2D eigenvalue weighted by Crippen LogP contribution is 2.20. The molecule has 0 aliphatic carbocycles. The van der Waals surface area contributed by atoms with Gasteiger partial charge in [0, 0.05) is 24.7 Å². The maximum Gasteiger partial charge on any atom is 0.254 e. The smallest absolute Gasteiger partial charge is 0.254 e. The van der Waals surface area contributed by atoms with Gasteiger partial charge in [-0.15, -0.1) is 12.4 Å². The number of benzene rings is 1. The Kier molecular flexibility index (Phi) is 7.54. The minimum Gasteiger partial charge on any atom is -0.494 e. The number of nitrogens with two attached hydrogens (primary N) is 1. The van der Waals surface area contributed by atoms with E-state index in [-0.39, 0.29) is 24.4 Å². The predicted molar refractivity (Wildman–Crippen MR) is 87.2 cm³/mol. The van der Waals surface area contributed by atoms with Gasteiger partial charge in [0.15, 0.2) is 0 Å². The van der Waals surface area contributed by atoms with Crippen LogP contribution in [0.5, 0.6) is 5.75 Å². The third-order valence-corrected chi connectivity index (χ3v) is 3.78. The quantitative estimate of drug-likeness (QED) is 0.822. The molecule has 0 saturated carbocycles. The molecule has 1 unspecified atom stereocenters. The van der Waals surface area contributed by atoms with E-state index in [1.165, 1.54) is 0 Å². The fraction of sp³-hybridized carbons (Fsp3) is 0.562. The first-order chi connectivity index (χ1) is 9.76. The van der Waals surface area contributed by atoms with E-state index < -0.39 is 0 Å². The third-order valence-electron chi connectivity index (χ3n) is 3.78. The van der Waals surface area contributed by atoms with E-state index in [0.29, 0.717) is 12.1 Å². The van der Waals surface area contributed by atoms with Crippen molar-refractivity contribution in [3.05, 3.63) is 29.8 Å². The van der Waals surface area contributed by atoms with E-state index in [4.69, 9.17) is 10.5 Å². The normalized spacial score (nSPS) is 17.4. The summed E-state index contributed by atoms with van der Waals surface area (Å²) in [6.07, 6.45) is 4.23. The Labute approximate surface area is 133 Å². The van der Waals surface area contributed by atoms with Crippen molar-refractivity contribution in [2.75, 3.05) is 19.7 Å². The highest BCUT2D eigenvalue weighted by atomic mass is 35.5. The van der Waals surface area contributed by atoms with Crippen LogP contribution in [-0.4, -0.2) is 36.5 Å². The molecule has 0 bridgehead atoms. The number of nitrogens with zero attached hydrogens (tertiary/aromatic N) is 1. The molecule has 1 aromatic rings. The number of hydrogen-bond acceptors (Lipinski definition) is 3. The van der Waals surface area contributed by atoms with Gasteiger partial charge in [0.05, 0.1) is 6.61 Å². The molecule has 21 heavy (non-hydrogen) atoms. The Bertz CT molecular complexity index is 436. The summed E-state index contributed by atoms with van der Waals surface area (Å²) < 4.78 is 5.60. The highest BCUT2D eigenvalue weighted by molar-refractivity contribution is 5.94. The van der Waals surface area contributed by atoms with Crippen LogP contribution >= 0.6 is 12.4 Å². The summed E-state index contributed by atoms with van der Waals surface area (Å²) in [6.45, 7) is 4.22. The number of carbonyl (C=O) groups excluding carboxylic acids is 1. The second-order valence-electron chi connectivity index (χ2n) is 5.26. The zero-order chi connectivity index (χ0) is 14.4. The van der Waals surface area contributed by atoms with Gasteiger partial charge in [0.2, 0.25) is 0 Å². The fourth-order valence-electron chi connectivity index (χ4n) is 2.54. The lowest BCUT2D eigenvalue weighted by Crippen LogP contribution is -2.39. The van der Waals surface area contributed by atoms with Crippen LogP contribution in [0.3, 0.4) is 0 Å². The third kappa shape index (κ3) is 4.61. The lowest BCUT2D eigenvalue weighted by molar-refractivity contribution is 0.0741. The van der Waals surface area contributed by atoms with Crippen LogP contribution in [0.25, 0.3) is 0 Å². The molecule has 1 aromatic carbocycles. The highest BCUT2D eigenvalue weighted by Gasteiger charge is 2.28. The van der Waals surface area contributed by atoms with E-state index >= 15 is 0 Å². The van der Waals surface area contributed by atoms with Gasteiger partial charge in [-0.1, -0.05) is 13.3 Å². The van der Waals surface area contributed by atoms with Crippen LogP contribution in [-0.2, 0) is 0 Å². The van der Waals surface area contributed by atoms with E-state index in [0.717, 1.165) is 44.6 Å². The zero-order valence-electron chi connectivity index (χ0n) is 12.6. The van der Waals surface area contributed by atoms with Crippen LogP contribution in [0.4, 0.5) is 0 Å². The maximum absolute atomic E-state index is 12.4. The lowest BCUT2D eigenvalue weighted by atomic mass is 10.1. The van der Waals surface area contributed by atoms with Crippen molar-refractivity contribution in [2.45, 2.75) is 38.6 Å². The second-order valence-corrected chi connectivity index (χ2v) is 5.26. The van der Waals surface area contributed by atoms with Crippen molar-refractivity contribution in [1.29, 1.82) is 0 Å². The Morgan fingerprint density at radius 3 is 2.71 bits per heavy atom. The molecule has 2 N–H and O–H groups in total. The lowest BCUT2D eigenvalue weighted by Gasteiger charge is -2.23. The fourth-order valence-corrected chi connectivity index (χ4v) is 2.54. The van der Waals surface area contributed by atoms with E-state index in [1.807, 2.05) is 29.2 Å². The van der Waals surface area contributed by atoms with Gasteiger partial charge in [-0.25, -0.2) is 0 Å². The van der Waals surface area contributed by atoms with Gasteiger partial charge in [-0.05, 0) is 43.5 Å². The summed E-state index contributed by atoms with van der Waals surface area (Å²) in [5, 5.41) is 0. The molecule has 1 amide bonds. The number of halogens is 1. The average molecular weight is 313 g/mol. The van der Waals surface area contributed by atoms with E-state index in [1.54, 1.807) is 0 Å². The van der Waals surface area contributed by atoms with Crippen LogP contribution in [0.2, 0.25) is 0 Å². The molecule has 1 aliphatic rings. The van der Waals surface area contributed by atoms with Crippen LogP contribution < -0.4 is 10.5 Å². The molecule has 0 aromatic heterocycles. The molecular formula is C16H25ClN2O2. The monoisotopic (exact) mass is 312 g/mol. The van der Waals surface area contributed by atoms with E-state index in [2.05, 4.69) is 6.92 Å². The van der Waals surface area contributed by atoms with Crippen molar-refractivity contribution in [3.63, 3.8) is 0 Å². The van der Waals surface area contributed by atoms with Gasteiger partial charge in [-0.3, -0.25) is 4.79 Å². The van der Waals surface area contributed by atoms with Crippen LogP contribution in [0, 0.1) is 0 Å². The van der Waals surface area contributed by atoms with Crippen LogP contribution in [0.1, 0.15) is 43.0 Å². The summed E-state index contributed by atoms with van der Waals surface area (Å²) in [5.74, 6) is 0.907. The molecule has 1 saturated heterocycles. The standard InChI is InChI=1S/C16H24N2O2.ClH/c1-2-3-11-20-15-8-6-13(7-9-15)16(19)18-10-4-5-14(18)12-17;/h6-9,14H,2-5,10-12,17H2,1H3;1H. The van der Waals surface area contributed by atoms with Crippen molar-refractivity contribution in [2.24, 2.45) is 5.73 Å². The van der Waals surface area contributed by atoms with Gasteiger partial charge in [0.25, 0.3) is 5.91 Å². The first-order valence-corrected chi connectivity index (χ1v) is 7.50. The number of amides is 1. The summed E-state index contributed by atoms with van der Waals surface area (Å²) in [6, 6.07) is 7.63. The van der Waals surface area contributed by atoms with E-state index in [9.17, 15) is 4.79 Å². The minimum absolute atomic E-state index is 0. The van der Waals surface area contributed by atoms with Crippen molar-refractivity contribution >= 4 is 18.3 Å². The maximum atomic E-state index is 12.4. The van der Waals surface area contributed by atoms with Crippen molar-refractivity contribution in [1.82, 2.24) is 4.90 Å². The van der Waals surface area contributed by atoms with Gasteiger partial charge >= 0.3 is 0 Å². The molecule has 1 atom stereocenters. The molecule has 0 radical (unpaired) electrons. The minimum atomic E-state index is 0. The Morgan fingerprint density at radius 2 is 2.10 bits per heavy atom. The number of ether oxygens (including phenoxy) is 1. The summed E-state index contributed by atoms with van der Waals surface area (Å²) in [7, 11) is 0. The average Bonchev–Trinajstić information content (AvgIpc) is 2.96. The summed E-state index contributed by atoms with van der Waals surface area (Å²) >= 11 is 0. The number of hydrogen-bond donors (Lipinski definition) is 1. The summed E-state index contributed by atoms with van der Waals surface area (Å²) in [5.41, 5.74) is 6.43.